The number of rotatable bonds is 4. The zero-order chi connectivity index (χ0) is 11.4. The number of aryl methyl sites for hydroxylation is 1. The Morgan fingerprint density at radius 1 is 1.50 bits per heavy atom. The van der Waals surface area contributed by atoms with Crippen LogP contribution in [0.4, 0.5) is 0 Å². The average molecular weight is 286 g/mol. The second-order valence-electron chi connectivity index (χ2n) is 4.16. The number of hydrogen-bond donors (Lipinski definition) is 0. The first kappa shape index (κ1) is 11.9. The molecule has 0 bridgehead atoms. The summed E-state index contributed by atoms with van der Waals surface area (Å²) in [5, 5.41) is 0. The van der Waals surface area contributed by atoms with E-state index in [4.69, 9.17) is 4.74 Å². The molecule has 1 aliphatic heterocycles. The molecule has 0 aliphatic carbocycles. The van der Waals surface area contributed by atoms with E-state index in [0.717, 1.165) is 30.5 Å². The van der Waals surface area contributed by atoms with Crippen LogP contribution in [0.25, 0.3) is 0 Å². The zero-order valence-electron chi connectivity index (χ0n) is 9.19. The van der Waals surface area contributed by atoms with Gasteiger partial charge in [0.15, 0.2) is 0 Å². The molecule has 0 spiro atoms. The van der Waals surface area contributed by atoms with Crippen molar-refractivity contribution < 1.29 is 4.74 Å². The van der Waals surface area contributed by atoms with Gasteiger partial charge in [-0.3, -0.25) is 4.79 Å². The summed E-state index contributed by atoms with van der Waals surface area (Å²) in [4.78, 5) is 11.5. The molecule has 0 N–H and O–H groups in total. The first-order valence-corrected chi connectivity index (χ1v) is 6.52. The average Bonchev–Trinajstić information content (AvgIpc) is 2.76. The molecule has 2 rings (SSSR count). The molecule has 2 heterocycles. The number of aromatic nitrogens is 1. The molecule has 1 saturated heterocycles. The molecular formula is C12H16BrNO2. The molecule has 1 atom stereocenters. The summed E-state index contributed by atoms with van der Waals surface area (Å²) in [6.45, 7) is 1.68. The maximum Gasteiger partial charge on any atom is 0.250 e. The highest BCUT2D eigenvalue weighted by atomic mass is 79.9. The standard InChI is InChI=1S/C12H16BrNO2/c13-10-5-6-12(15)14(9-10)7-1-3-11-4-2-8-16-11/h5-6,9,11H,1-4,7-8H2. The Morgan fingerprint density at radius 2 is 2.38 bits per heavy atom. The van der Waals surface area contributed by atoms with Crippen molar-refractivity contribution in [3.63, 3.8) is 0 Å². The normalized spacial score (nSPS) is 20.2. The Balaban J connectivity index is 1.84. The van der Waals surface area contributed by atoms with E-state index in [1.165, 1.54) is 12.8 Å². The smallest absolute Gasteiger partial charge is 0.250 e. The summed E-state index contributed by atoms with van der Waals surface area (Å²) in [6.07, 6.45) is 6.68. The summed E-state index contributed by atoms with van der Waals surface area (Å²) >= 11 is 3.37. The molecule has 1 unspecified atom stereocenters. The van der Waals surface area contributed by atoms with Gasteiger partial charge in [0.1, 0.15) is 0 Å². The van der Waals surface area contributed by atoms with E-state index in [1.807, 2.05) is 6.20 Å². The third kappa shape index (κ3) is 3.19. The molecule has 3 nitrogen and oxygen atoms in total. The lowest BCUT2D eigenvalue weighted by molar-refractivity contribution is 0.101. The minimum Gasteiger partial charge on any atom is -0.378 e. The largest absolute Gasteiger partial charge is 0.378 e. The number of nitrogens with zero attached hydrogens (tertiary/aromatic N) is 1. The van der Waals surface area contributed by atoms with Crippen LogP contribution in [0.1, 0.15) is 25.7 Å². The van der Waals surface area contributed by atoms with Gasteiger partial charge >= 0.3 is 0 Å². The molecule has 0 aromatic carbocycles. The number of hydrogen-bond acceptors (Lipinski definition) is 2. The number of halogens is 1. The molecule has 4 heteroatoms. The fourth-order valence-corrected chi connectivity index (χ4v) is 2.42. The molecule has 88 valence electrons. The van der Waals surface area contributed by atoms with Crippen LogP contribution in [-0.4, -0.2) is 17.3 Å². The van der Waals surface area contributed by atoms with Crippen LogP contribution in [-0.2, 0) is 11.3 Å². The lowest BCUT2D eigenvalue weighted by Crippen LogP contribution is -2.19. The minimum absolute atomic E-state index is 0.0653. The first-order valence-electron chi connectivity index (χ1n) is 5.73. The Labute approximate surface area is 104 Å². The molecule has 1 aromatic heterocycles. The fraction of sp³-hybridized carbons (Fsp3) is 0.583. The van der Waals surface area contributed by atoms with Gasteiger partial charge in [-0.05, 0) is 47.7 Å². The van der Waals surface area contributed by atoms with Gasteiger partial charge in [0.2, 0.25) is 0 Å². The minimum atomic E-state index is 0.0653. The van der Waals surface area contributed by atoms with E-state index >= 15 is 0 Å². The van der Waals surface area contributed by atoms with Gasteiger partial charge in [-0.25, -0.2) is 0 Å². The quantitative estimate of drug-likeness (QED) is 0.852. The van der Waals surface area contributed by atoms with Crippen molar-refractivity contribution in [2.24, 2.45) is 0 Å². The molecule has 1 fully saturated rings. The molecule has 16 heavy (non-hydrogen) atoms. The lowest BCUT2D eigenvalue weighted by Gasteiger charge is -2.10. The molecular weight excluding hydrogens is 270 g/mol. The van der Waals surface area contributed by atoms with Crippen LogP contribution in [0, 0.1) is 0 Å². The van der Waals surface area contributed by atoms with Gasteiger partial charge in [0, 0.05) is 29.9 Å². The summed E-state index contributed by atoms with van der Waals surface area (Å²) in [6, 6.07) is 3.37. The number of ether oxygens (including phenoxy) is 1. The lowest BCUT2D eigenvalue weighted by atomic mass is 10.1. The van der Waals surface area contributed by atoms with Crippen LogP contribution in [0.15, 0.2) is 27.6 Å². The van der Waals surface area contributed by atoms with Crippen LogP contribution in [0.2, 0.25) is 0 Å². The Kier molecular flexibility index (Phi) is 4.18. The van der Waals surface area contributed by atoms with E-state index in [9.17, 15) is 4.79 Å². The van der Waals surface area contributed by atoms with Crippen molar-refractivity contribution in [1.29, 1.82) is 0 Å². The summed E-state index contributed by atoms with van der Waals surface area (Å²) in [5.41, 5.74) is 0.0653. The van der Waals surface area contributed by atoms with E-state index in [-0.39, 0.29) is 5.56 Å². The Hall–Kier alpha value is -0.610. The van der Waals surface area contributed by atoms with E-state index < -0.39 is 0 Å². The fourth-order valence-electron chi connectivity index (χ4n) is 2.04. The molecule has 1 aliphatic rings. The van der Waals surface area contributed by atoms with E-state index in [0.29, 0.717) is 6.10 Å². The van der Waals surface area contributed by atoms with Crippen molar-refractivity contribution in [2.45, 2.75) is 38.3 Å². The van der Waals surface area contributed by atoms with Gasteiger partial charge in [0.25, 0.3) is 5.56 Å². The predicted molar refractivity (Wildman–Crippen MR) is 66.6 cm³/mol. The van der Waals surface area contributed by atoms with Gasteiger partial charge in [-0.2, -0.15) is 0 Å². The van der Waals surface area contributed by atoms with Gasteiger partial charge in [-0.15, -0.1) is 0 Å². The van der Waals surface area contributed by atoms with E-state index in [2.05, 4.69) is 15.9 Å². The maximum absolute atomic E-state index is 11.5. The molecule has 1 aromatic rings. The number of pyridine rings is 1. The van der Waals surface area contributed by atoms with Crippen molar-refractivity contribution in [1.82, 2.24) is 4.57 Å². The molecule has 0 amide bonds. The van der Waals surface area contributed by atoms with Crippen molar-refractivity contribution in [3.8, 4) is 0 Å². The maximum atomic E-state index is 11.5. The Morgan fingerprint density at radius 3 is 3.12 bits per heavy atom. The SMILES string of the molecule is O=c1ccc(Br)cn1CCCC1CCCO1. The molecule has 0 radical (unpaired) electrons. The highest BCUT2D eigenvalue weighted by Gasteiger charge is 2.14. The van der Waals surface area contributed by atoms with E-state index in [1.54, 1.807) is 16.7 Å². The Bertz CT molecular complexity index is 396. The summed E-state index contributed by atoms with van der Waals surface area (Å²) in [5.74, 6) is 0. The van der Waals surface area contributed by atoms with Crippen LogP contribution in [0.5, 0.6) is 0 Å². The third-order valence-corrected chi connectivity index (χ3v) is 3.37. The second-order valence-corrected chi connectivity index (χ2v) is 5.07. The van der Waals surface area contributed by atoms with Crippen LogP contribution < -0.4 is 5.56 Å². The summed E-state index contributed by atoms with van der Waals surface area (Å²) in [7, 11) is 0. The molecule has 0 saturated carbocycles. The van der Waals surface area contributed by atoms with Gasteiger partial charge in [-0.1, -0.05) is 0 Å². The third-order valence-electron chi connectivity index (χ3n) is 2.90. The van der Waals surface area contributed by atoms with Crippen LogP contribution in [0.3, 0.4) is 0 Å². The summed E-state index contributed by atoms with van der Waals surface area (Å²) < 4.78 is 8.25. The topological polar surface area (TPSA) is 31.2 Å². The highest BCUT2D eigenvalue weighted by molar-refractivity contribution is 9.10. The van der Waals surface area contributed by atoms with Crippen LogP contribution >= 0.6 is 15.9 Å². The van der Waals surface area contributed by atoms with Crippen molar-refractivity contribution in [2.75, 3.05) is 6.61 Å². The first-order chi connectivity index (χ1) is 7.75. The highest BCUT2D eigenvalue weighted by Crippen LogP contribution is 2.17. The van der Waals surface area contributed by atoms with Gasteiger partial charge in [0.05, 0.1) is 6.10 Å². The predicted octanol–water partition coefficient (Wildman–Crippen LogP) is 2.57. The monoisotopic (exact) mass is 285 g/mol. The van der Waals surface area contributed by atoms with Crippen molar-refractivity contribution in [3.05, 3.63) is 33.2 Å². The van der Waals surface area contributed by atoms with Crippen molar-refractivity contribution >= 4 is 15.9 Å². The second kappa shape index (κ2) is 5.64. The van der Waals surface area contributed by atoms with Gasteiger partial charge < -0.3 is 9.30 Å². The zero-order valence-corrected chi connectivity index (χ0v) is 10.8.